The van der Waals surface area contributed by atoms with Gasteiger partial charge in [-0.15, -0.1) is 10.2 Å². The van der Waals surface area contributed by atoms with E-state index in [-0.39, 0.29) is 16.7 Å². The molecule has 0 radical (unpaired) electrons. The van der Waals surface area contributed by atoms with Crippen LogP contribution in [0.2, 0.25) is 0 Å². The Kier molecular flexibility index (Phi) is 4.36. The van der Waals surface area contributed by atoms with Gasteiger partial charge in [-0.2, -0.15) is 8.42 Å². The minimum atomic E-state index is -3.94. The minimum absolute atomic E-state index is 0.102. The molecule has 10 heteroatoms. The lowest BCUT2D eigenvalue weighted by Crippen LogP contribution is -2.12. The summed E-state index contributed by atoms with van der Waals surface area (Å²) >= 11 is 0. The first kappa shape index (κ1) is 16.8. The highest BCUT2D eigenvalue weighted by atomic mass is 32.2. The number of rotatable bonds is 6. The number of hydrogen-bond acceptors (Lipinski definition) is 8. The van der Waals surface area contributed by atoms with Crippen LogP contribution >= 0.6 is 0 Å². The Labute approximate surface area is 143 Å². The van der Waals surface area contributed by atoms with E-state index in [1.807, 2.05) is 0 Å². The molecule has 0 aliphatic rings. The Morgan fingerprint density at radius 1 is 1.00 bits per heavy atom. The normalized spacial score (nSPS) is 11.3. The second kappa shape index (κ2) is 6.48. The van der Waals surface area contributed by atoms with Crippen molar-refractivity contribution in [2.24, 2.45) is 0 Å². The number of nitrogens with zero attached hydrogens (tertiary/aromatic N) is 2. The van der Waals surface area contributed by atoms with Gasteiger partial charge in [0.1, 0.15) is 0 Å². The van der Waals surface area contributed by atoms with Gasteiger partial charge in [-0.3, -0.25) is 4.72 Å². The van der Waals surface area contributed by atoms with Gasteiger partial charge in [0.2, 0.25) is 11.0 Å². The highest BCUT2D eigenvalue weighted by Crippen LogP contribution is 2.31. The fourth-order valence-corrected chi connectivity index (χ4v) is 3.07. The Balaban J connectivity index is 1.86. The number of sulfonamides is 1. The van der Waals surface area contributed by atoms with Crippen LogP contribution in [-0.2, 0) is 10.0 Å². The molecule has 3 rings (SSSR count). The molecule has 2 heterocycles. The summed E-state index contributed by atoms with van der Waals surface area (Å²) in [6.07, 6.45) is 0. The molecule has 25 heavy (non-hydrogen) atoms. The second-order valence-electron chi connectivity index (χ2n) is 4.92. The van der Waals surface area contributed by atoms with Crippen molar-refractivity contribution in [1.82, 2.24) is 10.2 Å². The van der Waals surface area contributed by atoms with Gasteiger partial charge >= 0.3 is 0 Å². The summed E-state index contributed by atoms with van der Waals surface area (Å²) in [5, 5.41) is 7.17. The molecule has 0 spiro atoms. The third-order valence-electron chi connectivity index (χ3n) is 3.22. The van der Waals surface area contributed by atoms with Crippen LogP contribution in [-0.4, -0.2) is 32.8 Å². The molecule has 132 valence electrons. The van der Waals surface area contributed by atoms with Gasteiger partial charge in [0.15, 0.2) is 17.3 Å². The zero-order valence-corrected chi connectivity index (χ0v) is 14.5. The van der Waals surface area contributed by atoms with Crippen LogP contribution in [0.1, 0.15) is 5.89 Å². The van der Waals surface area contributed by atoms with Crippen molar-refractivity contribution in [3.63, 3.8) is 0 Å². The molecule has 0 bridgehead atoms. The van der Waals surface area contributed by atoms with E-state index in [1.165, 1.54) is 32.4 Å². The number of anilines is 1. The quantitative estimate of drug-likeness (QED) is 0.708. The lowest BCUT2D eigenvalue weighted by molar-refractivity contribution is 0.355. The number of furan rings is 1. The van der Waals surface area contributed by atoms with Crippen LogP contribution in [0.4, 0.5) is 5.69 Å². The van der Waals surface area contributed by atoms with Crippen molar-refractivity contribution >= 4 is 15.7 Å². The SMILES string of the molecule is COc1ccc(NS(=O)(=O)c2ccc(-c3nnc(C)o3)o2)cc1OC. The van der Waals surface area contributed by atoms with E-state index in [9.17, 15) is 8.42 Å². The van der Waals surface area contributed by atoms with Gasteiger partial charge < -0.3 is 18.3 Å². The van der Waals surface area contributed by atoms with E-state index in [4.69, 9.17) is 18.3 Å². The highest BCUT2D eigenvalue weighted by molar-refractivity contribution is 7.92. The molecular formula is C15H15N3O6S. The topological polar surface area (TPSA) is 117 Å². The molecule has 0 aliphatic heterocycles. The Morgan fingerprint density at radius 2 is 1.76 bits per heavy atom. The fraction of sp³-hybridized carbons (Fsp3) is 0.200. The monoisotopic (exact) mass is 365 g/mol. The van der Waals surface area contributed by atoms with E-state index in [0.29, 0.717) is 23.1 Å². The summed E-state index contributed by atoms with van der Waals surface area (Å²) < 4.78 is 48.1. The third-order valence-corrected chi connectivity index (χ3v) is 4.47. The first-order chi connectivity index (χ1) is 11.9. The largest absolute Gasteiger partial charge is 0.493 e. The summed E-state index contributed by atoms with van der Waals surface area (Å²) in [4.78, 5) is 0. The first-order valence-electron chi connectivity index (χ1n) is 7.08. The van der Waals surface area contributed by atoms with Crippen molar-refractivity contribution in [3.8, 4) is 23.1 Å². The molecule has 1 N–H and O–H groups in total. The molecular weight excluding hydrogens is 350 g/mol. The number of nitrogens with one attached hydrogen (secondary N) is 1. The first-order valence-corrected chi connectivity index (χ1v) is 8.56. The van der Waals surface area contributed by atoms with E-state index in [2.05, 4.69) is 14.9 Å². The van der Waals surface area contributed by atoms with E-state index in [1.54, 1.807) is 19.1 Å². The fourth-order valence-electron chi connectivity index (χ4n) is 2.08. The molecule has 0 saturated carbocycles. The second-order valence-corrected chi connectivity index (χ2v) is 6.53. The van der Waals surface area contributed by atoms with Crippen LogP contribution in [0.5, 0.6) is 11.5 Å². The summed E-state index contributed by atoms with van der Waals surface area (Å²) in [7, 11) is -0.990. The Bertz CT molecular complexity index is 992. The lowest BCUT2D eigenvalue weighted by atomic mass is 10.3. The highest BCUT2D eigenvalue weighted by Gasteiger charge is 2.22. The van der Waals surface area contributed by atoms with Crippen molar-refractivity contribution in [3.05, 3.63) is 36.2 Å². The zero-order valence-electron chi connectivity index (χ0n) is 13.6. The van der Waals surface area contributed by atoms with Crippen molar-refractivity contribution < 1.29 is 26.7 Å². The number of ether oxygens (including phenoxy) is 2. The summed E-state index contributed by atoms with van der Waals surface area (Å²) in [5.74, 6) is 1.49. The molecule has 2 aromatic heterocycles. The van der Waals surface area contributed by atoms with Crippen molar-refractivity contribution in [2.75, 3.05) is 18.9 Å². The molecule has 0 amide bonds. The maximum Gasteiger partial charge on any atom is 0.295 e. The predicted octanol–water partition coefficient (Wildman–Crippen LogP) is 2.46. The standard InChI is InChI=1S/C15H15N3O6S/c1-9-16-17-15(23-9)12-6-7-14(24-12)25(19,20)18-10-4-5-11(21-2)13(8-10)22-3/h4-8,18H,1-3H3. The molecule has 0 aliphatic carbocycles. The molecule has 0 saturated heterocycles. The smallest absolute Gasteiger partial charge is 0.295 e. The van der Waals surface area contributed by atoms with Gasteiger partial charge in [-0.1, -0.05) is 0 Å². The van der Waals surface area contributed by atoms with Crippen LogP contribution in [0.25, 0.3) is 11.7 Å². The van der Waals surface area contributed by atoms with Crippen molar-refractivity contribution in [1.29, 1.82) is 0 Å². The van der Waals surface area contributed by atoms with E-state index in [0.717, 1.165) is 0 Å². The number of methoxy groups -OCH3 is 2. The van der Waals surface area contributed by atoms with Crippen LogP contribution < -0.4 is 14.2 Å². The number of benzene rings is 1. The molecule has 0 atom stereocenters. The average molecular weight is 365 g/mol. The van der Waals surface area contributed by atoms with Gasteiger partial charge in [0.25, 0.3) is 15.9 Å². The molecule has 9 nitrogen and oxygen atoms in total. The van der Waals surface area contributed by atoms with Gasteiger partial charge in [-0.05, 0) is 24.3 Å². The maximum atomic E-state index is 12.5. The van der Waals surface area contributed by atoms with E-state index < -0.39 is 10.0 Å². The van der Waals surface area contributed by atoms with Crippen LogP contribution in [0, 0.1) is 6.92 Å². The molecule has 3 aromatic rings. The number of hydrogen-bond donors (Lipinski definition) is 1. The van der Waals surface area contributed by atoms with Gasteiger partial charge in [0.05, 0.1) is 19.9 Å². The zero-order chi connectivity index (χ0) is 18.0. The predicted molar refractivity (Wildman–Crippen MR) is 87.1 cm³/mol. The number of aryl methyl sites for hydroxylation is 1. The van der Waals surface area contributed by atoms with Crippen molar-refractivity contribution in [2.45, 2.75) is 12.0 Å². The molecule has 1 aromatic carbocycles. The Morgan fingerprint density at radius 3 is 2.40 bits per heavy atom. The van der Waals surface area contributed by atoms with Gasteiger partial charge in [-0.25, -0.2) is 0 Å². The lowest BCUT2D eigenvalue weighted by Gasteiger charge is -2.10. The van der Waals surface area contributed by atoms with Gasteiger partial charge in [0, 0.05) is 13.0 Å². The Hall–Kier alpha value is -3.01. The van der Waals surface area contributed by atoms with Crippen LogP contribution in [0.3, 0.4) is 0 Å². The van der Waals surface area contributed by atoms with E-state index >= 15 is 0 Å². The molecule has 0 unspecified atom stereocenters. The minimum Gasteiger partial charge on any atom is -0.493 e. The summed E-state index contributed by atoms with van der Waals surface area (Å²) in [6.45, 7) is 1.62. The maximum absolute atomic E-state index is 12.5. The molecule has 0 fully saturated rings. The number of aromatic nitrogens is 2. The van der Waals surface area contributed by atoms with Crippen LogP contribution in [0.15, 0.2) is 44.3 Å². The summed E-state index contributed by atoms with van der Waals surface area (Å²) in [6, 6.07) is 7.38. The average Bonchev–Trinajstić information content (AvgIpc) is 3.23. The summed E-state index contributed by atoms with van der Waals surface area (Å²) in [5.41, 5.74) is 0.296. The third kappa shape index (κ3) is 3.43.